The standard InChI is InChI=1S/C14H22N4O4/c1-2-15-14(22)17-9-7-16(8-10-17)11(19)5-6-18-12(20)3-4-13(18)21/h2-10H2,1H3,(H,15,22). The molecule has 2 aliphatic rings. The number of hydrogen-bond acceptors (Lipinski definition) is 4. The van der Waals surface area contributed by atoms with Crippen LogP contribution >= 0.6 is 0 Å². The number of likely N-dealkylation sites (tertiary alicyclic amines) is 1. The molecule has 8 nitrogen and oxygen atoms in total. The maximum atomic E-state index is 12.1. The number of imide groups is 1. The third-order valence-corrected chi connectivity index (χ3v) is 3.95. The lowest BCUT2D eigenvalue weighted by molar-refractivity contribution is -0.139. The van der Waals surface area contributed by atoms with Crippen molar-refractivity contribution in [2.75, 3.05) is 39.3 Å². The lowest BCUT2D eigenvalue weighted by Gasteiger charge is -2.34. The third kappa shape index (κ3) is 3.75. The smallest absolute Gasteiger partial charge is 0.317 e. The van der Waals surface area contributed by atoms with E-state index >= 15 is 0 Å². The van der Waals surface area contributed by atoms with Crippen LogP contribution in [-0.4, -0.2) is 77.7 Å². The molecule has 0 spiro atoms. The van der Waals surface area contributed by atoms with Gasteiger partial charge in [-0.1, -0.05) is 0 Å². The van der Waals surface area contributed by atoms with Gasteiger partial charge >= 0.3 is 6.03 Å². The van der Waals surface area contributed by atoms with Crippen molar-refractivity contribution < 1.29 is 19.2 Å². The largest absolute Gasteiger partial charge is 0.339 e. The predicted molar refractivity (Wildman–Crippen MR) is 77.8 cm³/mol. The molecular formula is C14H22N4O4. The lowest BCUT2D eigenvalue weighted by Crippen LogP contribution is -2.53. The minimum atomic E-state index is -0.196. The molecule has 0 bridgehead atoms. The lowest BCUT2D eigenvalue weighted by atomic mass is 10.2. The number of nitrogens with zero attached hydrogens (tertiary/aromatic N) is 3. The highest BCUT2D eigenvalue weighted by molar-refractivity contribution is 6.02. The summed E-state index contributed by atoms with van der Waals surface area (Å²) in [5, 5.41) is 2.73. The first-order chi connectivity index (χ1) is 10.5. The van der Waals surface area contributed by atoms with Gasteiger partial charge in [0.25, 0.3) is 0 Å². The van der Waals surface area contributed by atoms with E-state index < -0.39 is 0 Å². The molecule has 5 amide bonds. The van der Waals surface area contributed by atoms with Crippen LogP contribution in [0.5, 0.6) is 0 Å². The molecule has 1 N–H and O–H groups in total. The molecule has 2 heterocycles. The first kappa shape index (κ1) is 16.3. The molecule has 2 rings (SSSR count). The molecule has 0 unspecified atom stereocenters. The fraction of sp³-hybridized carbons (Fsp3) is 0.714. The van der Waals surface area contributed by atoms with Crippen molar-refractivity contribution in [2.45, 2.75) is 26.2 Å². The molecule has 0 aromatic rings. The summed E-state index contributed by atoms with van der Waals surface area (Å²) in [5.74, 6) is -0.472. The molecule has 2 saturated heterocycles. The van der Waals surface area contributed by atoms with Crippen molar-refractivity contribution in [3.63, 3.8) is 0 Å². The summed E-state index contributed by atoms with van der Waals surface area (Å²) >= 11 is 0. The van der Waals surface area contributed by atoms with Crippen molar-refractivity contribution in [1.29, 1.82) is 0 Å². The van der Waals surface area contributed by atoms with E-state index in [-0.39, 0.29) is 49.6 Å². The van der Waals surface area contributed by atoms with E-state index in [0.717, 1.165) is 0 Å². The van der Waals surface area contributed by atoms with E-state index in [9.17, 15) is 19.2 Å². The van der Waals surface area contributed by atoms with Gasteiger partial charge in [-0.2, -0.15) is 0 Å². The Morgan fingerprint density at radius 2 is 1.55 bits per heavy atom. The van der Waals surface area contributed by atoms with Crippen molar-refractivity contribution >= 4 is 23.8 Å². The monoisotopic (exact) mass is 310 g/mol. The molecule has 0 saturated carbocycles. The van der Waals surface area contributed by atoms with Crippen molar-refractivity contribution in [1.82, 2.24) is 20.0 Å². The summed E-state index contributed by atoms with van der Waals surface area (Å²) in [7, 11) is 0. The molecule has 2 aliphatic heterocycles. The molecule has 122 valence electrons. The predicted octanol–water partition coefficient (Wildman–Crippen LogP) is -0.601. The molecule has 0 radical (unpaired) electrons. The van der Waals surface area contributed by atoms with Crippen molar-refractivity contribution in [2.24, 2.45) is 0 Å². The number of carbonyl (C=O) groups excluding carboxylic acids is 4. The van der Waals surface area contributed by atoms with Gasteiger partial charge < -0.3 is 15.1 Å². The van der Waals surface area contributed by atoms with Gasteiger partial charge in [-0.25, -0.2) is 4.79 Å². The Morgan fingerprint density at radius 3 is 2.09 bits per heavy atom. The summed E-state index contributed by atoms with van der Waals surface area (Å²) in [4.78, 5) is 51.3. The Balaban J connectivity index is 1.74. The molecule has 0 aromatic heterocycles. The molecule has 0 atom stereocenters. The summed E-state index contributed by atoms with van der Waals surface area (Å²) in [5.41, 5.74) is 0. The fourth-order valence-electron chi connectivity index (χ4n) is 2.66. The highest BCUT2D eigenvalue weighted by Gasteiger charge is 2.30. The minimum Gasteiger partial charge on any atom is -0.339 e. The Labute approximate surface area is 129 Å². The molecule has 8 heteroatoms. The van der Waals surface area contributed by atoms with E-state index in [1.165, 1.54) is 4.90 Å². The van der Waals surface area contributed by atoms with Gasteiger partial charge in [-0.15, -0.1) is 0 Å². The number of hydrogen-bond donors (Lipinski definition) is 1. The second kappa shape index (κ2) is 7.24. The van der Waals surface area contributed by atoms with Gasteiger partial charge in [0, 0.05) is 58.5 Å². The third-order valence-electron chi connectivity index (χ3n) is 3.95. The van der Waals surface area contributed by atoms with Gasteiger partial charge in [0.15, 0.2) is 0 Å². The topological polar surface area (TPSA) is 90.0 Å². The minimum absolute atomic E-state index is 0.0805. The summed E-state index contributed by atoms with van der Waals surface area (Å²) in [6, 6.07) is -0.108. The van der Waals surface area contributed by atoms with Gasteiger partial charge in [-0.3, -0.25) is 19.3 Å². The zero-order chi connectivity index (χ0) is 16.1. The van der Waals surface area contributed by atoms with Gasteiger partial charge in [0.2, 0.25) is 17.7 Å². The van der Waals surface area contributed by atoms with Crippen LogP contribution < -0.4 is 5.32 Å². The van der Waals surface area contributed by atoms with Gasteiger partial charge in [0.05, 0.1) is 0 Å². The fourth-order valence-corrected chi connectivity index (χ4v) is 2.66. The number of nitrogens with one attached hydrogen (secondary N) is 1. The zero-order valence-corrected chi connectivity index (χ0v) is 12.8. The number of piperazine rings is 1. The van der Waals surface area contributed by atoms with E-state index in [4.69, 9.17) is 0 Å². The number of carbonyl (C=O) groups is 4. The van der Waals surface area contributed by atoms with Crippen LogP contribution in [-0.2, 0) is 14.4 Å². The Bertz CT molecular complexity index is 455. The molecular weight excluding hydrogens is 288 g/mol. The molecule has 2 fully saturated rings. The number of amides is 5. The molecule has 22 heavy (non-hydrogen) atoms. The normalized spacial score (nSPS) is 18.9. The molecule has 0 aromatic carbocycles. The van der Waals surface area contributed by atoms with Crippen LogP contribution in [0.2, 0.25) is 0 Å². The zero-order valence-electron chi connectivity index (χ0n) is 12.8. The van der Waals surface area contributed by atoms with Crippen LogP contribution in [0.25, 0.3) is 0 Å². The average Bonchev–Trinajstić information content (AvgIpc) is 2.84. The molecule has 0 aliphatic carbocycles. The second-order valence-corrected chi connectivity index (χ2v) is 5.39. The quantitative estimate of drug-likeness (QED) is 0.702. The second-order valence-electron chi connectivity index (χ2n) is 5.39. The summed E-state index contributed by atoms with van der Waals surface area (Å²) < 4.78 is 0. The Morgan fingerprint density at radius 1 is 1.00 bits per heavy atom. The van der Waals surface area contributed by atoms with Crippen LogP contribution in [0.3, 0.4) is 0 Å². The number of urea groups is 1. The Kier molecular flexibility index (Phi) is 5.35. The SMILES string of the molecule is CCNC(=O)N1CCN(C(=O)CCN2C(=O)CCC2=O)CC1. The summed E-state index contributed by atoms with van der Waals surface area (Å²) in [6.45, 7) is 4.57. The average molecular weight is 310 g/mol. The van der Waals surface area contributed by atoms with Crippen LogP contribution in [0.1, 0.15) is 26.2 Å². The first-order valence-corrected chi connectivity index (χ1v) is 7.66. The van der Waals surface area contributed by atoms with E-state index in [2.05, 4.69) is 5.32 Å². The van der Waals surface area contributed by atoms with Crippen LogP contribution in [0.15, 0.2) is 0 Å². The van der Waals surface area contributed by atoms with Crippen LogP contribution in [0.4, 0.5) is 4.79 Å². The Hall–Kier alpha value is -2.12. The maximum absolute atomic E-state index is 12.1. The van der Waals surface area contributed by atoms with E-state index in [1.807, 2.05) is 6.92 Å². The van der Waals surface area contributed by atoms with Crippen molar-refractivity contribution in [3.8, 4) is 0 Å². The number of rotatable bonds is 4. The van der Waals surface area contributed by atoms with Crippen molar-refractivity contribution in [3.05, 3.63) is 0 Å². The maximum Gasteiger partial charge on any atom is 0.317 e. The van der Waals surface area contributed by atoms with Gasteiger partial charge in [0.1, 0.15) is 0 Å². The van der Waals surface area contributed by atoms with Crippen LogP contribution in [0, 0.1) is 0 Å². The first-order valence-electron chi connectivity index (χ1n) is 7.66. The van der Waals surface area contributed by atoms with Gasteiger partial charge in [-0.05, 0) is 6.92 Å². The van der Waals surface area contributed by atoms with E-state index in [1.54, 1.807) is 9.80 Å². The van der Waals surface area contributed by atoms with E-state index in [0.29, 0.717) is 32.7 Å². The highest BCUT2D eigenvalue weighted by Crippen LogP contribution is 2.13. The summed E-state index contributed by atoms with van der Waals surface area (Å²) in [6.07, 6.45) is 0.648. The highest BCUT2D eigenvalue weighted by atomic mass is 16.2.